The fourth-order valence-electron chi connectivity index (χ4n) is 2.38. The minimum Gasteiger partial charge on any atom is -0.460 e. The monoisotopic (exact) mass is 281 g/mol. The number of nitrogens with one attached hydrogen (secondary N) is 1. The van der Waals surface area contributed by atoms with Gasteiger partial charge in [-0.3, -0.25) is 9.59 Å². The standard InChI is InChI=1S/C16H27NO3/c1-10(2)7-13(15(19)20-16(4,5)6)8-12-9-14(18)17-11(12)3/h9-11,13H,7-8H2,1-6H3,(H,17,18)/t11-,13+/m0/s1. The lowest BCUT2D eigenvalue weighted by Gasteiger charge is -2.25. The van der Waals surface area contributed by atoms with Crippen molar-refractivity contribution in [2.24, 2.45) is 11.8 Å². The van der Waals surface area contributed by atoms with Crippen LogP contribution in [0.1, 0.15) is 54.4 Å². The zero-order valence-corrected chi connectivity index (χ0v) is 13.4. The van der Waals surface area contributed by atoms with Gasteiger partial charge in [0.1, 0.15) is 5.60 Å². The first-order valence-corrected chi connectivity index (χ1v) is 7.32. The van der Waals surface area contributed by atoms with Gasteiger partial charge >= 0.3 is 5.97 Å². The molecule has 0 saturated carbocycles. The summed E-state index contributed by atoms with van der Waals surface area (Å²) in [5, 5.41) is 2.83. The molecule has 0 aliphatic carbocycles. The van der Waals surface area contributed by atoms with Crippen LogP contribution < -0.4 is 5.32 Å². The Balaban J connectivity index is 2.77. The lowest BCUT2D eigenvalue weighted by molar-refractivity contribution is -0.160. The molecule has 4 heteroatoms. The smallest absolute Gasteiger partial charge is 0.309 e. The molecule has 0 saturated heterocycles. The zero-order valence-electron chi connectivity index (χ0n) is 13.4. The number of rotatable bonds is 5. The Bertz CT molecular complexity index is 404. The molecule has 2 atom stereocenters. The van der Waals surface area contributed by atoms with Crippen molar-refractivity contribution in [3.8, 4) is 0 Å². The van der Waals surface area contributed by atoms with Gasteiger partial charge in [0.15, 0.2) is 0 Å². The summed E-state index contributed by atoms with van der Waals surface area (Å²) in [6, 6.07) is 0.0135. The highest BCUT2D eigenvalue weighted by Crippen LogP contribution is 2.26. The van der Waals surface area contributed by atoms with E-state index in [4.69, 9.17) is 4.74 Å². The summed E-state index contributed by atoms with van der Waals surface area (Å²) in [5.74, 6) is -0.0113. The second kappa shape index (κ2) is 6.42. The maximum Gasteiger partial charge on any atom is 0.309 e. The van der Waals surface area contributed by atoms with E-state index in [1.165, 1.54) is 0 Å². The Morgan fingerprint density at radius 1 is 1.40 bits per heavy atom. The predicted molar refractivity (Wildman–Crippen MR) is 79.1 cm³/mol. The van der Waals surface area contributed by atoms with E-state index in [0.29, 0.717) is 12.3 Å². The fourth-order valence-corrected chi connectivity index (χ4v) is 2.38. The van der Waals surface area contributed by atoms with Gasteiger partial charge in [-0.2, -0.15) is 0 Å². The fraction of sp³-hybridized carbons (Fsp3) is 0.750. The second-order valence-corrected chi connectivity index (χ2v) is 7.01. The largest absolute Gasteiger partial charge is 0.460 e. The van der Waals surface area contributed by atoms with Gasteiger partial charge in [-0.15, -0.1) is 0 Å². The quantitative estimate of drug-likeness (QED) is 0.788. The van der Waals surface area contributed by atoms with Crippen molar-refractivity contribution in [3.63, 3.8) is 0 Å². The summed E-state index contributed by atoms with van der Waals surface area (Å²) in [6.07, 6.45) is 2.97. The van der Waals surface area contributed by atoms with Crippen LogP contribution >= 0.6 is 0 Å². The minimum atomic E-state index is -0.476. The van der Waals surface area contributed by atoms with Crippen LogP contribution in [0.4, 0.5) is 0 Å². The van der Waals surface area contributed by atoms with Gasteiger partial charge in [0.05, 0.1) is 5.92 Å². The van der Waals surface area contributed by atoms with E-state index < -0.39 is 5.60 Å². The van der Waals surface area contributed by atoms with Crippen molar-refractivity contribution in [2.75, 3.05) is 0 Å². The molecule has 0 fully saturated rings. The van der Waals surface area contributed by atoms with Crippen LogP contribution in [0, 0.1) is 11.8 Å². The maximum absolute atomic E-state index is 12.3. The normalized spacial score (nSPS) is 20.6. The van der Waals surface area contributed by atoms with Crippen LogP contribution in [0.15, 0.2) is 11.6 Å². The van der Waals surface area contributed by atoms with Gasteiger partial charge in [0, 0.05) is 12.1 Å². The summed E-state index contributed by atoms with van der Waals surface area (Å²) in [6.45, 7) is 11.7. The van der Waals surface area contributed by atoms with Crippen molar-refractivity contribution in [2.45, 2.75) is 66.0 Å². The predicted octanol–water partition coefficient (Wildman–Crippen LogP) is 2.83. The topological polar surface area (TPSA) is 55.4 Å². The number of carbonyl (C=O) groups is 2. The summed E-state index contributed by atoms with van der Waals surface area (Å²) >= 11 is 0. The van der Waals surface area contributed by atoms with E-state index in [9.17, 15) is 9.59 Å². The molecular weight excluding hydrogens is 254 g/mol. The molecule has 1 amide bonds. The Labute approximate surface area is 122 Å². The summed E-state index contributed by atoms with van der Waals surface area (Å²) in [7, 11) is 0. The molecule has 1 aliphatic heterocycles. The van der Waals surface area contributed by atoms with Crippen molar-refractivity contribution in [1.82, 2.24) is 5.32 Å². The lowest BCUT2D eigenvalue weighted by atomic mass is 9.89. The van der Waals surface area contributed by atoms with Crippen molar-refractivity contribution in [1.29, 1.82) is 0 Å². The zero-order chi connectivity index (χ0) is 15.5. The Morgan fingerprint density at radius 3 is 2.40 bits per heavy atom. The molecule has 4 nitrogen and oxygen atoms in total. The Hall–Kier alpha value is -1.32. The number of hydrogen-bond acceptors (Lipinski definition) is 3. The molecule has 0 aromatic heterocycles. The molecule has 20 heavy (non-hydrogen) atoms. The summed E-state index contributed by atoms with van der Waals surface area (Å²) < 4.78 is 5.50. The number of carbonyl (C=O) groups excluding carboxylic acids is 2. The third kappa shape index (κ3) is 5.35. The van der Waals surface area contributed by atoms with E-state index in [0.717, 1.165) is 12.0 Å². The second-order valence-electron chi connectivity index (χ2n) is 7.01. The number of hydrogen-bond donors (Lipinski definition) is 1. The van der Waals surface area contributed by atoms with Crippen LogP contribution in [0.3, 0.4) is 0 Å². The van der Waals surface area contributed by atoms with Crippen LogP contribution in [0.2, 0.25) is 0 Å². The van der Waals surface area contributed by atoms with Gasteiger partial charge in [-0.25, -0.2) is 0 Å². The first-order valence-electron chi connectivity index (χ1n) is 7.32. The molecule has 1 aliphatic rings. The molecule has 0 unspecified atom stereocenters. The van der Waals surface area contributed by atoms with Gasteiger partial charge < -0.3 is 10.1 Å². The van der Waals surface area contributed by atoms with Crippen molar-refractivity contribution < 1.29 is 14.3 Å². The van der Waals surface area contributed by atoms with E-state index >= 15 is 0 Å². The maximum atomic E-state index is 12.3. The molecule has 1 N–H and O–H groups in total. The third-order valence-electron chi connectivity index (χ3n) is 3.21. The van der Waals surface area contributed by atoms with Gasteiger partial charge in [-0.1, -0.05) is 13.8 Å². The number of amides is 1. The number of esters is 1. The SMILES string of the molecule is CC(C)C[C@H](CC1=CC(=O)N[C@H]1C)C(=O)OC(C)(C)C. The molecule has 1 rings (SSSR count). The van der Waals surface area contributed by atoms with E-state index in [2.05, 4.69) is 19.2 Å². The molecule has 0 aromatic rings. The average molecular weight is 281 g/mol. The van der Waals surface area contributed by atoms with Crippen LogP contribution in [-0.2, 0) is 14.3 Å². The highest BCUT2D eigenvalue weighted by molar-refractivity contribution is 5.92. The van der Waals surface area contributed by atoms with E-state index in [1.54, 1.807) is 6.08 Å². The molecular formula is C16H27NO3. The summed E-state index contributed by atoms with van der Waals surface area (Å²) in [5.41, 5.74) is 0.516. The Morgan fingerprint density at radius 2 is 2.00 bits per heavy atom. The van der Waals surface area contributed by atoms with Gasteiger partial charge in [0.2, 0.25) is 5.91 Å². The minimum absolute atomic E-state index is 0.0135. The van der Waals surface area contributed by atoms with E-state index in [-0.39, 0.29) is 23.8 Å². The third-order valence-corrected chi connectivity index (χ3v) is 3.21. The first-order chi connectivity index (χ1) is 9.08. The van der Waals surface area contributed by atoms with Gasteiger partial charge in [-0.05, 0) is 52.0 Å². The molecule has 0 radical (unpaired) electrons. The summed E-state index contributed by atoms with van der Waals surface area (Å²) in [4.78, 5) is 23.7. The number of ether oxygens (including phenoxy) is 1. The lowest BCUT2D eigenvalue weighted by Crippen LogP contribution is -2.31. The van der Waals surface area contributed by atoms with Gasteiger partial charge in [0.25, 0.3) is 0 Å². The molecule has 114 valence electrons. The first kappa shape index (κ1) is 16.7. The van der Waals surface area contributed by atoms with Crippen molar-refractivity contribution >= 4 is 11.9 Å². The highest BCUT2D eigenvalue weighted by atomic mass is 16.6. The van der Waals surface area contributed by atoms with Crippen LogP contribution in [0.5, 0.6) is 0 Å². The van der Waals surface area contributed by atoms with Crippen molar-refractivity contribution in [3.05, 3.63) is 11.6 Å². The molecule has 0 spiro atoms. The average Bonchev–Trinajstić information content (AvgIpc) is 2.53. The molecule has 0 aromatic carbocycles. The van der Waals surface area contributed by atoms with Crippen LogP contribution in [0.25, 0.3) is 0 Å². The molecule has 0 bridgehead atoms. The Kier molecular flexibility index (Phi) is 5.37. The van der Waals surface area contributed by atoms with E-state index in [1.807, 2.05) is 27.7 Å². The van der Waals surface area contributed by atoms with Crippen LogP contribution in [-0.4, -0.2) is 23.5 Å². The molecule has 1 heterocycles. The highest BCUT2D eigenvalue weighted by Gasteiger charge is 2.30.